The van der Waals surface area contributed by atoms with Gasteiger partial charge in [-0.2, -0.15) is 5.10 Å². The van der Waals surface area contributed by atoms with E-state index in [2.05, 4.69) is 37.8 Å². The van der Waals surface area contributed by atoms with E-state index in [-0.39, 0.29) is 42.5 Å². The van der Waals surface area contributed by atoms with Crippen molar-refractivity contribution in [2.75, 3.05) is 39.8 Å². The van der Waals surface area contributed by atoms with Gasteiger partial charge in [-0.1, -0.05) is 30.3 Å². The number of halogens is 1. The quantitative estimate of drug-likeness (QED) is 0.347. The third-order valence-corrected chi connectivity index (χ3v) is 4.66. The van der Waals surface area contributed by atoms with Crippen molar-refractivity contribution < 1.29 is 9.53 Å². The number of carbonyl (C=O) groups is 1. The largest absolute Gasteiger partial charge is 0.370 e. The first-order valence-corrected chi connectivity index (χ1v) is 9.52. The lowest BCUT2D eigenvalue weighted by Crippen LogP contribution is -2.50. The molecule has 1 aliphatic heterocycles. The van der Waals surface area contributed by atoms with E-state index in [1.165, 1.54) is 5.56 Å². The number of carbonyl (C=O) groups excluding carboxylic acids is 1. The number of aryl methyl sites for hydroxylation is 1. The van der Waals surface area contributed by atoms with Crippen LogP contribution < -0.4 is 10.6 Å². The Morgan fingerprint density at radius 2 is 2.10 bits per heavy atom. The molecule has 29 heavy (non-hydrogen) atoms. The highest BCUT2D eigenvalue weighted by Gasteiger charge is 2.25. The lowest BCUT2D eigenvalue weighted by atomic mass is 10.1. The summed E-state index contributed by atoms with van der Waals surface area (Å²) in [6.45, 7) is 2.80. The van der Waals surface area contributed by atoms with Crippen LogP contribution in [0.2, 0.25) is 0 Å². The van der Waals surface area contributed by atoms with E-state index >= 15 is 0 Å². The molecule has 0 saturated carbocycles. The zero-order chi connectivity index (χ0) is 19.8. The maximum absolute atomic E-state index is 12.1. The summed E-state index contributed by atoms with van der Waals surface area (Å²) < 4.78 is 7.63. The van der Waals surface area contributed by atoms with Crippen molar-refractivity contribution >= 4 is 35.8 Å². The van der Waals surface area contributed by atoms with Crippen molar-refractivity contribution in [2.45, 2.75) is 12.5 Å². The SMILES string of the molecule is CN=C(NCC(=O)NCCc1ccccc1)N1CCOC(c2cnn(C)c2)C1.I. The summed E-state index contributed by atoms with van der Waals surface area (Å²) in [5.74, 6) is 0.657. The molecule has 2 heterocycles. The van der Waals surface area contributed by atoms with Crippen LogP contribution in [0.15, 0.2) is 47.7 Å². The van der Waals surface area contributed by atoms with Crippen LogP contribution in [0.4, 0.5) is 0 Å². The first-order chi connectivity index (χ1) is 13.7. The van der Waals surface area contributed by atoms with Crippen molar-refractivity contribution in [2.24, 2.45) is 12.0 Å². The molecule has 8 nitrogen and oxygen atoms in total. The van der Waals surface area contributed by atoms with Crippen molar-refractivity contribution in [3.05, 3.63) is 53.9 Å². The highest BCUT2D eigenvalue weighted by molar-refractivity contribution is 14.0. The van der Waals surface area contributed by atoms with Gasteiger partial charge in [0, 0.05) is 38.9 Å². The van der Waals surface area contributed by atoms with E-state index in [0.717, 1.165) is 18.5 Å². The maximum atomic E-state index is 12.1. The van der Waals surface area contributed by atoms with Gasteiger partial charge < -0.3 is 20.3 Å². The van der Waals surface area contributed by atoms with Gasteiger partial charge in [0.1, 0.15) is 6.10 Å². The third kappa shape index (κ3) is 7.00. The number of ether oxygens (including phenoxy) is 1. The van der Waals surface area contributed by atoms with Gasteiger partial charge in [0.25, 0.3) is 0 Å². The third-order valence-electron chi connectivity index (χ3n) is 4.66. The second kappa shape index (κ2) is 11.8. The number of aromatic nitrogens is 2. The van der Waals surface area contributed by atoms with Crippen LogP contribution in [0, 0.1) is 0 Å². The number of benzene rings is 1. The van der Waals surface area contributed by atoms with Crippen LogP contribution in [0.3, 0.4) is 0 Å². The molecule has 3 rings (SSSR count). The summed E-state index contributed by atoms with van der Waals surface area (Å²) >= 11 is 0. The van der Waals surface area contributed by atoms with Crippen molar-refractivity contribution in [3.63, 3.8) is 0 Å². The maximum Gasteiger partial charge on any atom is 0.239 e. The van der Waals surface area contributed by atoms with Crippen LogP contribution in [-0.4, -0.2) is 66.4 Å². The van der Waals surface area contributed by atoms with Crippen LogP contribution in [0.1, 0.15) is 17.2 Å². The van der Waals surface area contributed by atoms with Crippen LogP contribution in [-0.2, 0) is 23.0 Å². The summed E-state index contributed by atoms with van der Waals surface area (Å²) in [5.41, 5.74) is 2.25. The molecule has 2 aromatic rings. The second-order valence-electron chi connectivity index (χ2n) is 6.74. The smallest absolute Gasteiger partial charge is 0.239 e. The van der Waals surface area contributed by atoms with Crippen molar-refractivity contribution in [1.29, 1.82) is 0 Å². The zero-order valence-electron chi connectivity index (χ0n) is 16.9. The molecule has 0 spiro atoms. The summed E-state index contributed by atoms with van der Waals surface area (Å²) in [7, 11) is 3.62. The first-order valence-electron chi connectivity index (χ1n) is 9.52. The highest BCUT2D eigenvalue weighted by atomic mass is 127. The Balaban J connectivity index is 0.00000300. The van der Waals surface area contributed by atoms with E-state index in [9.17, 15) is 4.79 Å². The number of guanidine groups is 1. The fraction of sp³-hybridized carbons (Fsp3) is 0.450. The Bertz CT molecular complexity index is 795. The fourth-order valence-corrected chi connectivity index (χ4v) is 3.19. The van der Waals surface area contributed by atoms with Gasteiger partial charge in [-0.25, -0.2) is 0 Å². The van der Waals surface area contributed by atoms with Gasteiger partial charge in [-0.3, -0.25) is 14.5 Å². The minimum atomic E-state index is -0.0549. The van der Waals surface area contributed by atoms with E-state index in [0.29, 0.717) is 25.7 Å². The van der Waals surface area contributed by atoms with Gasteiger partial charge in [-0.15, -0.1) is 24.0 Å². The van der Waals surface area contributed by atoms with Gasteiger partial charge in [0.05, 0.1) is 25.9 Å². The molecule has 1 aromatic heterocycles. The molecule has 1 aliphatic rings. The minimum absolute atomic E-state index is 0. The molecule has 2 N–H and O–H groups in total. The number of aliphatic imine (C=N–C) groups is 1. The Kier molecular flexibility index (Phi) is 9.39. The van der Waals surface area contributed by atoms with Crippen molar-refractivity contribution in [3.8, 4) is 0 Å². The predicted molar refractivity (Wildman–Crippen MR) is 123 cm³/mol. The summed E-state index contributed by atoms with van der Waals surface area (Å²) in [6, 6.07) is 10.1. The van der Waals surface area contributed by atoms with Crippen LogP contribution >= 0.6 is 24.0 Å². The van der Waals surface area contributed by atoms with E-state index < -0.39 is 0 Å². The topological polar surface area (TPSA) is 83.8 Å². The average Bonchev–Trinajstić information content (AvgIpc) is 3.16. The molecule has 1 atom stereocenters. The van der Waals surface area contributed by atoms with Crippen LogP contribution in [0.25, 0.3) is 0 Å². The van der Waals surface area contributed by atoms with Crippen LogP contribution in [0.5, 0.6) is 0 Å². The number of hydrogen-bond donors (Lipinski definition) is 2. The molecule has 1 aromatic carbocycles. The predicted octanol–water partition coefficient (Wildman–Crippen LogP) is 1.35. The van der Waals surface area contributed by atoms with E-state index in [4.69, 9.17) is 4.74 Å². The summed E-state index contributed by atoms with van der Waals surface area (Å²) in [6.07, 6.45) is 4.55. The monoisotopic (exact) mass is 512 g/mol. The molecule has 0 radical (unpaired) electrons. The molecule has 158 valence electrons. The number of nitrogens with one attached hydrogen (secondary N) is 2. The van der Waals surface area contributed by atoms with Gasteiger partial charge in [0.15, 0.2) is 5.96 Å². The molecule has 1 fully saturated rings. The standard InChI is InChI=1S/C20H28N6O2.HI/c1-21-20(23-13-19(27)22-9-8-16-6-4-3-5-7-16)26-10-11-28-18(15-26)17-12-24-25(2)14-17;/h3-7,12,14,18H,8-11,13,15H2,1-2H3,(H,21,23)(H,22,27);1H. The lowest BCUT2D eigenvalue weighted by molar-refractivity contribution is -0.120. The summed E-state index contributed by atoms with van der Waals surface area (Å²) in [4.78, 5) is 18.6. The van der Waals surface area contributed by atoms with Gasteiger partial charge in [-0.05, 0) is 12.0 Å². The molecular weight excluding hydrogens is 483 g/mol. The first kappa shape index (κ1) is 23.1. The number of rotatable bonds is 6. The second-order valence-corrected chi connectivity index (χ2v) is 6.74. The van der Waals surface area contributed by atoms with E-state index in [1.807, 2.05) is 37.6 Å². The Morgan fingerprint density at radius 1 is 1.31 bits per heavy atom. The lowest BCUT2D eigenvalue weighted by Gasteiger charge is -2.34. The number of nitrogens with zero attached hydrogens (tertiary/aromatic N) is 4. The number of morpholine rings is 1. The van der Waals surface area contributed by atoms with Gasteiger partial charge >= 0.3 is 0 Å². The van der Waals surface area contributed by atoms with Gasteiger partial charge in [0.2, 0.25) is 5.91 Å². The molecule has 1 unspecified atom stereocenters. The van der Waals surface area contributed by atoms with E-state index in [1.54, 1.807) is 11.7 Å². The highest BCUT2D eigenvalue weighted by Crippen LogP contribution is 2.21. The molecule has 1 amide bonds. The van der Waals surface area contributed by atoms with Crippen molar-refractivity contribution in [1.82, 2.24) is 25.3 Å². The Labute approximate surface area is 188 Å². The molecule has 0 aliphatic carbocycles. The molecule has 9 heteroatoms. The number of amides is 1. The fourth-order valence-electron chi connectivity index (χ4n) is 3.19. The Morgan fingerprint density at radius 3 is 2.79 bits per heavy atom. The number of hydrogen-bond acceptors (Lipinski definition) is 4. The minimum Gasteiger partial charge on any atom is -0.370 e. The average molecular weight is 512 g/mol. The molecular formula is C20H29IN6O2. The summed E-state index contributed by atoms with van der Waals surface area (Å²) in [5, 5.41) is 10.3. The normalized spacial score (nSPS) is 16.8. The zero-order valence-corrected chi connectivity index (χ0v) is 19.2. The molecule has 1 saturated heterocycles. The Hall–Kier alpha value is -2.14. The molecule has 0 bridgehead atoms.